The van der Waals surface area contributed by atoms with Crippen LogP contribution < -0.4 is 15.4 Å². The van der Waals surface area contributed by atoms with Gasteiger partial charge >= 0.3 is 0 Å². The summed E-state index contributed by atoms with van der Waals surface area (Å²) in [5.41, 5.74) is 2.93. The molecule has 0 fully saturated rings. The van der Waals surface area contributed by atoms with Gasteiger partial charge in [-0.25, -0.2) is 0 Å². The predicted octanol–water partition coefficient (Wildman–Crippen LogP) is 5.15. The number of carbonyl (C=O) groups excluding carboxylic acids is 1. The Labute approximate surface area is 175 Å². The molecule has 29 heavy (non-hydrogen) atoms. The molecule has 1 heterocycles. The summed E-state index contributed by atoms with van der Waals surface area (Å²) >= 11 is 5.35. The lowest BCUT2D eigenvalue weighted by Gasteiger charge is -2.30. The van der Waals surface area contributed by atoms with E-state index in [1.807, 2.05) is 91.9 Å². The number of Topliss-reactive ketones (excluding diaryl/α,β-unsaturated/α-hetero) is 1. The molecule has 3 aromatic rings. The third-order valence-corrected chi connectivity index (χ3v) is 4.94. The zero-order chi connectivity index (χ0) is 20.2. The van der Waals surface area contributed by atoms with Crippen LogP contribution in [0.1, 0.15) is 28.9 Å². The highest BCUT2D eigenvalue weighted by Crippen LogP contribution is 2.32. The average Bonchev–Trinajstić information content (AvgIpc) is 2.74. The second-order valence-electron chi connectivity index (χ2n) is 6.75. The van der Waals surface area contributed by atoms with Crippen LogP contribution in [0.4, 0.5) is 0 Å². The second kappa shape index (κ2) is 8.29. The quantitative estimate of drug-likeness (QED) is 0.458. The predicted molar refractivity (Wildman–Crippen MR) is 118 cm³/mol. The van der Waals surface area contributed by atoms with E-state index in [1.54, 1.807) is 0 Å². The van der Waals surface area contributed by atoms with E-state index >= 15 is 0 Å². The van der Waals surface area contributed by atoms with E-state index in [1.165, 1.54) is 0 Å². The van der Waals surface area contributed by atoms with Crippen LogP contribution in [0.25, 0.3) is 0 Å². The zero-order valence-electron chi connectivity index (χ0n) is 15.9. The van der Waals surface area contributed by atoms with Crippen LogP contribution >= 0.6 is 12.2 Å². The number of thiocarbonyl (C=S) groups is 1. The summed E-state index contributed by atoms with van der Waals surface area (Å²) in [4.78, 5) is 13.3. The number of hydrogen-bond donors (Lipinski definition) is 2. The van der Waals surface area contributed by atoms with E-state index in [2.05, 4.69) is 10.6 Å². The lowest BCUT2D eigenvalue weighted by Crippen LogP contribution is -2.44. The van der Waals surface area contributed by atoms with Crippen LogP contribution in [0.15, 0.2) is 96.2 Å². The maximum atomic E-state index is 13.3. The van der Waals surface area contributed by atoms with Crippen LogP contribution in [0.3, 0.4) is 0 Å². The maximum absolute atomic E-state index is 13.3. The van der Waals surface area contributed by atoms with Crippen LogP contribution in [0, 0.1) is 0 Å². The summed E-state index contributed by atoms with van der Waals surface area (Å²) in [7, 11) is 0. The van der Waals surface area contributed by atoms with Gasteiger partial charge in [-0.15, -0.1) is 0 Å². The van der Waals surface area contributed by atoms with Crippen molar-refractivity contribution >= 4 is 23.1 Å². The molecule has 4 nitrogen and oxygen atoms in total. The minimum atomic E-state index is -0.365. The molecule has 0 aliphatic carbocycles. The van der Waals surface area contributed by atoms with E-state index in [0.717, 1.165) is 17.0 Å². The smallest absolute Gasteiger partial charge is 0.193 e. The standard InChI is InChI=1S/C24H20N2O2S/c1-16-21(23(27)17-9-4-2-5-10-17)22(26-24(29)25-16)18-11-8-14-20(15-18)28-19-12-6-3-7-13-19/h2-15,22H,1H3,(H2,25,26,29)/t22-/m1/s1. The van der Waals surface area contributed by atoms with Gasteiger partial charge in [-0.05, 0) is 49.0 Å². The monoisotopic (exact) mass is 400 g/mol. The number of allylic oxidation sites excluding steroid dienone is 1. The number of carbonyl (C=O) groups is 1. The van der Waals surface area contributed by atoms with Gasteiger partial charge in [-0.2, -0.15) is 0 Å². The fourth-order valence-electron chi connectivity index (χ4n) is 3.37. The SMILES string of the molecule is CC1=C(C(=O)c2ccccc2)[C@@H](c2cccc(Oc3ccccc3)c2)NC(=S)N1. The van der Waals surface area contributed by atoms with Gasteiger partial charge in [-0.1, -0.05) is 60.7 Å². The molecule has 0 radical (unpaired) electrons. The minimum absolute atomic E-state index is 0.0371. The van der Waals surface area contributed by atoms with Crippen molar-refractivity contribution in [2.45, 2.75) is 13.0 Å². The summed E-state index contributed by atoms with van der Waals surface area (Å²) in [6, 6.07) is 26.2. The summed E-state index contributed by atoms with van der Waals surface area (Å²) in [6.45, 7) is 1.88. The normalized spacial score (nSPS) is 16.0. The molecule has 2 N–H and O–H groups in total. The molecule has 5 heteroatoms. The van der Waals surface area contributed by atoms with Crippen LogP contribution in [-0.4, -0.2) is 10.9 Å². The fraction of sp³-hybridized carbons (Fsp3) is 0.0833. The Kier molecular flexibility index (Phi) is 5.40. The molecule has 4 rings (SSSR count). The molecular weight excluding hydrogens is 380 g/mol. The number of hydrogen-bond acceptors (Lipinski definition) is 3. The number of nitrogens with one attached hydrogen (secondary N) is 2. The Morgan fingerprint density at radius 2 is 1.55 bits per heavy atom. The summed E-state index contributed by atoms with van der Waals surface area (Å²) in [6.07, 6.45) is 0. The third-order valence-electron chi connectivity index (χ3n) is 4.72. The lowest BCUT2D eigenvalue weighted by atomic mass is 9.89. The Morgan fingerprint density at radius 1 is 0.897 bits per heavy atom. The Hall–Kier alpha value is -3.44. The molecular formula is C24H20N2O2S. The number of ether oxygens (including phenoxy) is 1. The van der Waals surface area contributed by atoms with Gasteiger partial charge in [-0.3, -0.25) is 4.79 Å². The molecule has 0 amide bonds. The highest BCUT2D eigenvalue weighted by molar-refractivity contribution is 7.80. The molecule has 0 saturated heterocycles. The van der Waals surface area contributed by atoms with Gasteiger partial charge in [0.05, 0.1) is 6.04 Å². The molecule has 1 atom stereocenters. The van der Waals surface area contributed by atoms with Crippen molar-refractivity contribution in [2.24, 2.45) is 0 Å². The molecule has 144 valence electrons. The number of benzene rings is 3. The first-order valence-electron chi connectivity index (χ1n) is 9.33. The largest absolute Gasteiger partial charge is 0.457 e. The van der Waals surface area contributed by atoms with Crippen LogP contribution in [-0.2, 0) is 0 Å². The first-order chi connectivity index (χ1) is 14.1. The van der Waals surface area contributed by atoms with Crippen molar-refractivity contribution in [1.82, 2.24) is 10.6 Å². The van der Waals surface area contributed by atoms with Crippen molar-refractivity contribution in [3.63, 3.8) is 0 Å². The summed E-state index contributed by atoms with van der Waals surface area (Å²) in [5, 5.41) is 6.82. The highest BCUT2D eigenvalue weighted by Gasteiger charge is 2.30. The van der Waals surface area contributed by atoms with Crippen molar-refractivity contribution < 1.29 is 9.53 Å². The topological polar surface area (TPSA) is 50.4 Å². The van der Waals surface area contributed by atoms with E-state index in [4.69, 9.17) is 17.0 Å². The number of ketones is 1. The van der Waals surface area contributed by atoms with Gasteiger partial charge in [0.2, 0.25) is 0 Å². The Balaban J connectivity index is 1.70. The Morgan fingerprint density at radius 3 is 2.28 bits per heavy atom. The molecule has 1 aliphatic heterocycles. The second-order valence-corrected chi connectivity index (χ2v) is 7.16. The van der Waals surface area contributed by atoms with Gasteiger partial charge in [0.25, 0.3) is 0 Å². The van der Waals surface area contributed by atoms with E-state index in [-0.39, 0.29) is 11.8 Å². The van der Waals surface area contributed by atoms with E-state index in [0.29, 0.717) is 22.0 Å². The first-order valence-corrected chi connectivity index (χ1v) is 9.73. The maximum Gasteiger partial charge on any atom is 0.193 e. The lowest BCUT2D eigenvalue weighted by molar-refractivity contribution is 0.102. The highest BCUT2D eigenvalue weighted by atomic mass is 32.1. The minimum Gasteiger partial charge on any atom is -0.457 e. The van der Waals surface area contributed by atoms with Crippen molar-refractivity contribution in [3.8, 4) is 11.5 Å². The van der Waals surface area contributed by atoms with Crippen molar-refractivity contribution in [2.75, 3.05) is 0 Å². The summed E-state index contributed by atoms with van der Waals surface area (Å²) in [5.74, 6) is 1.42. The van der Waals surface area contributed by atoms with Crippen LogP contribution in [0.5, 0.6) is 11.5 Å². The van der Waals surface area contributed by atoms with Gasteiger partial charge in [0.15, 0.2) is 10.9 Å². The summed E-state index contributed by atoms with van der Waals surface area (Å²) < 4.78 is 5.97. The third kappa shape index (κ3) is 4.20. The number of para-hydroxylation sites is 1. The first kappa shape index (κ1) is 18.9. The average molecular weight is 401 g/mol. The molecule has 0 aromatic heterocycles. The molecule has 3 aromatic carbocycles. The van der Waals surface area contributed by atoms with Crippen molar-refractivity contribution in [1.29, 1.82) is 0 Å². The Bertz CT molecular complexity index is 1080. The molecule has 1 aliphatic rings. The van der Waals surface area contributed by atoms with Gasteiger partial charge in [0, 0.05) is 16.8 Å². The van der Waals surface area contributed by atoms with E-state index < -0.39 is 0 Å². The molecule has 0 unspecified atom stereocenters. The van der Waals surface area contributed by atoms with Crippen molar-refractivity contribution in [3.05, 3.63) is 107 Å². The van der Waals surface area contributed by atoms with Gasteiger partial charge in [0.1, 0.15) is 11.5 Å². The molecule has 0 saturated carbocycles. The molecule has 0 spiro atoms. The van der Waals surface area contributed by atoms with E-state index in [9.17, 15) is 4.79 Å². The zero-order valence-corrected chi connectivity index (χ0v) is 16.7. The molecule has 0 bridgehead atoms. The van der Waals surface area contributed by atoms with Gasteiger partial charge < -0.3 is 15.4 Å². The number of rotatable bonds is 5. The fourth-order valence-corrected chi connectivity index (χ4v) is 3.64. The van der Waals surface area contributed by atoms with Crippen LogP contribution in [0.2, 0.25) is 0 Å².